The van der Waals surface area contributed by atoms with Gasteiger partial charge in [0, 0.05) is 24.1 Å². The fourth-order valence-corrected chi connectivity index (χ4v) is 3.36. The van der Waals surface area contributed by atoms with Crippen molar-refractivity contribution in [3.63, 3.8) is 0 Å². The van der Waals surface area contributed by atoms with Crippen LogP contribution in [0.1, 0.15) is 24.5 Å². The highest BCUT2D eigenvalue weighted by molar-refractivity contribution is 6.29. The zero-order valence-electron chi connectivity index (χ0n) is 18.5. The molecule has 0 aromatic heterocycles. The Morgan fingerprint density at radius 2 is 1.85 bits per heavy atom. The van der Waals surface area contributed by atoms with Crippen molar-refractivity contribution < 1.29 is 33.8 Å². The highest BCUT2D eigenvalue weighted by Crippen LogP contribution is 2.41. The van der Waals surface area contributed by atoms with E-state index in [4.69, 9.17) is 25.8 Å². The summed E-state index contributed by atoms with van der Waals surface area (Å²) in [5, 5.41) is 22.6. The van der Waals surface area contributed by atoms with Crippen LogP contribution in [0.4, 0.5) is 11.4 Å². The number of carbonyl (C=O) groups excluding carboxylic acids is 2. The van der Waals surface area contributed by atoms with E-state index >= 15 is 0 Å². The maximum Gasteiger partial charge on any atom is 0.306 e. The number of alkyl halides is 1. The van der Waals surface area contributed by atoms with E-state index in [2.05, 4.69) is 0 Å². The molecule has 178 valence electrons. The van der Waals surface area contributed by atoms with Gasteiger partial charge in [0.2, 0.25) is 5.91 Å². The van der Waals surface area contributed by atoms with Gasteiger partial charge in [-0.05, 0) is 37.1 Å². The maximum absolute atomic E-state index is 12.7. The Balaban J connectivity index is 2.56. The third kappa shape index (κ3) is 6.26. The lowest BCUT2D eigenvalue weighted by molar-refractivity contribution is -0.384. The van der Waals surface area contributed by atoms with Gasteiger partial charge in [-0.15, -0.1) is 11.6 Å². The summed E-state index contributed by atoms with van der Waals surface area (Å²) >= 11 is 5.79. The molecule has 0 radical (unpaired) electrons. The van der Waals surface area contributed by atoms with Crippen LogP contribution in [0, 0.1) is 10.1 Å². The molecule has 0 atom stereocenters. The first-order chi connectivity index (χ1) is 15.8. The number of nitrogens with zero attached hydrogens (tertiary/aromatic N) is 2. The monoisotopic (exact) mass is 480 g/mol. The van der Waals surface area contributed by atoms with Crippen molar-refractivity contribution in [1.29, 1.82) is 0 Å². The van der Waals surface area contributed by atoms with Crippen molar-refractivity contribution in [1.82, 2.24) is 0 Å². The number of anilines is 1. The van der Waals surface area contributed by atoms with E-state index in [1.807, 2.05) is 0 Å². The SMILES string of the molecule is CCOC(=O)CCc1ccc([N+](=O)[O-])c(N(Cc2ccc(OC)cc2OC)C(=O)CCl)c1O. The van der Waals surface area contributed by atoms with Crippen LogP contribution < -0.4 is 14.4 Å². The first kappa shape index (κ1) is 25.7. The number of hydrogen-bond donors (Lipinski definition) is 1. The molecule has 0 aliphatic rings. The van der Waals surface area contributed by atoms with Gasteiger partial charge in [-0.2, -0.15) is 0 Å². The average Bonchev–Trinajstić information content (AvgIpc) is 2.81. The first-order valence-corrected chi connectivity index (χ1v) is 10.5. The number of nitro groups is 1. The van der Waals surface area contributed by atoms with E-state index in [1.165, 1.54) is 26.4 Å². The molecule has 0 fully saturated rings. The molecule has 33 heavy (non-hydrogen) atoms. The van der Waals surface area contributed by atoms with Crippen molar-refractivity contribution in [2.24, 2.45) is 0 Å². The second-order valence-electron chi connectivity index (χ2n) is 6.79. The minimum atomic E-state index is -0.704. The van der Waals surface area contributed by atoms with E-state index in [0.29, 0.717) is 17.1 Å². The van der Waals surface area contributed by atoms with Gasteiger partial charge in [0.1, 0.15) is 23.1 Å². The van der Waals surface area contributed by atoms with E-state index in [0.717, 1.165) is 4.90 Å². The largest absolute Gasteiger partial charge is 0.505 e. The number of hydrogen-bond acceptors (Lipinski definition) is 8. The number of amides is 1. The van der Waals surface area contributed by atoms with E-state index < -0.39 is 34.1 Å². The molecule has 11 heteroatoms. The van der Waals surface area contributed by atoms with Crippen LogP contribution in [-0.4, -0.2) is 48.6 Å². The van der Waals surface area contributed by atoms with Crippen molar-refractivity contribution in [2.75, 3.05) is 31.6 Å². The number of rotatable bonds is 11. The molecule has 0 heterocycles. The molecule has 2 rings (SSSR count). The minimum absolute atomic E-state index is 0.0472. The number of phenolic OH excluding ortho intramolecular Hbond substituents is 1. The molecule has 10 nitrogen and oxygen atoms in total. The average molecular weight is 481 g/mol. The molecule has 0 saturated heterocycles. The van der Waals surface area contributed by atoms with Crippen LogP contribution in [0.25, 0.3) is 0 Å². The maximum atomic E-state index is 12.7. The van der Waals surface area contributed by atoms with E-state index in [-0.39, 0.29) is 37.2 Å². The normalized spacial score (nSPS) is 10.4. The molecule has 2 aromatic rings. The smallest absolute Gasteiger partial charge is 0.306 e. The lowest BCUT2D eigenvalue weighted by Crippen LogP contribution is -2.32. The zero-order chi connectivity index (χ0) is 24.5. The number of nitro benzene ring substituents is 1. The Kier molecular flexibility index (Phi) is 9.29. The molecule has 0 bridgehead atoms. The van der Waals surface area contributed by atoms with Gasteiger partial charge < -0.3 is 19.3 Å². The third-order valence-electron chi connectivity index (χ3n) is 4.82. The molecule has 2 aromatic carbocycles. The standard InChI is InChI=1S/C22H25ClN2O8/c1-4-33-20(27)10-7-14-6-9-17(25(29)30)21(22(14)28)24(19(26)12-23)13-15-5-8-16(31-2)11-18(15)32-3/h5-6,8-9,11,28H,4,7,10,12-13H2,1-3H3. The zero-order valence-corrected chi connectivity index (χ0v) is 19.3. The van der Waals surface area contributed by atoms with Gasteiger partial charge in [-0.3, -0.25) is 24.6 Å². The quantitative estimate of drug-likeness (QED) is 0.223. The molecule has 0 unspecified atom stereocenters. The molecule has 1 amide bonds. The van der Waals surface area contributed by atoms with Crippen LogP contribution in [-0.2, 0) is 27.3 Å². The summed E-state index contributed by atoms with van der Waals surface area (Å²) in [7, 11) is 2.92. The van der Waals surface area contributed by atoms with Crippen molar-refractivity contribution >= 4 is 34.9 Å². The molecule has 0 spiro atoms. The molecule has 0 aliphatic carbocycles. The molecule has 0 aliphatic heterocycles. The number of carbonyl (C=O) groups is 2. The second kappa shape index (κ2) is 11.9. The van der Waals surface area contributed by atoms with Crippen LogP contribution >= 0.6 is 11.6 Å². The van der Waals surface area contributed by atoms with Crippen LogP contribution in [0.2, 0.25) is 0 Å². The summed E-state index contributed by atoms with van der Waals surface area (Å²) in [6.45, 7) is 1.70. The predicted molar refractivity (Wildman–Crippen MR) is 121 cm³/mol. The highest BCUT2D eigenvalue weighted by atomic mass is 35.5. The summed E-state index contributed by atoms with van der Waals surface area (Å²) in [6, 6.07) is 7.40. The lowest BCUT2D eigenvalue weighted by Gasteiger charge is -2.25. The summed E-state index contributed by atoms with van der Waals surface area (Å²) in [6.07, 6.45) is 0.0127. The first-order valence-electron chi connectivity index (χ1n) is 9.99. The van der Waals surface area contributed by atoms with Crippen LogP contribution in [0.15, 0.2) is 30.3 Å². The topological polar surface area (TPSA) is 128 Å². The van der Waals surface area contributed by atoms with Crippen LogP contribution in [0.3, 0.4) is 0 Å². The summed E-state index contributed by atoms with van der Waals surface area (Å²) in [5.74, 6) is -1.23. The van der Waals surface area contributed by atoms with Crippen molar-refractivity contribution in [3.05, 3.63) is 51.6 Å². The summed E-state index contributed by atoms with van der Waals surface area (Å²) in [5.41, 5.74) is -0.0525. The number of ether oxygens (including phenoxy) is 3. The Morgan fingerprint density at radius 1 is 1.15 bits per heavy atom. The van der Waals surface area contributed by atoms with E-state index in [1.54, 1.807) is 25.1 Å². The number of aryl methyl sites for hydroxylation is 1. The van der Waals surface area contributed by atoms with Crippen molar-refractivity contribution in [3.8, 4) is 17.2 Å². The highest BCUT2D eigenvalue weighted by Gasteiger charge is 2.30. The fourth-order valence-electron chi connectivity index (χ4n) is 3.21. The number of phenols is 1. The number of methoxy groups -OCH3 is 2. The Labute approximate surface area is 195 Å². The Morgan fingerprint density at radius 3 is 2.42 bits per heavy atom. The molecular weight excluding hydrogens is 456 g/mol. The summed E-state index contributed by atoms with van der Waals surface area (Å²) in [4.78, 5) is 36.5. The summed E-state index contributed by atoms with van der Waals surface area (Å²) < 4.78 is 15.4. The molecule has 1 N–H and O–H groups in total. The predicted octanol–water partition coefficient (Wildman–Crippen LogP) is 3.59. The van der Waals surface area contributed by atoms with Gasteiger partial charge in [0.15, 0.2) is 5.69 Å². The third-order valence-corrected chi connectivity index (χ3v) is 5.05. The number of benzene rings is 2. The molecular formula is C22H25ClN2O8. The number of esters is 1. The van der Waals surface area contributed by atoms with Gasteiger partial charge in [0.05, 0.1) is 32.3 Å². The Hall–Kier alpha value is -3.53. The Bertz CT molecular complexity index is 1030. The van der Waals surface area contributed by atoms with Gasteiger partial charge in [-0.1, -0.05) is 0 Å². The second-order valence-corrected chi connectivity index (χ2v) is 7.06. The number of halogens is 1. The van der Waals surface area contributed by atoms with Gasteiger partial charge in [0.25, 0.3) is 5.69 Å². The van der Waals surface area contributed by atoms with E-state index in [9.17, 15) is 24.8 Å². The fraction of sp³-hybridized carbons (Fsp3) is 0.364. The van der Waals surface area contributed by atoms with Crippen molar-refractivity contribution in [2.45, 2.75) is 26.3 Å². The minimum Gasteiger partial charge on any atom is -0.505 e. The van der Waals surface area contributed by atoms with Crippen LogP contribution in [0.5, 0.6) is 17.2 Å². The number of aromatic hydroxyl groups is 1. The lowest BCUT2D eigenvalue weighted by atomic mass is 10.0. The van der Waals surface area contributed by atoms with Gasteiger partial charge >= 0.3 is 5.97 Å². The van der Waals surface area contributed by atoms with Gasteiger partial charge in [-0.25, -0.2) is 0 Å². The molecule has 0 saturated carbocycles.